The summed E-state index contributed by atoms with van der Waals surface area (Å²) in [6, 6.07) is 0. The minimum Gasteiger partial charge on any atom is -0.341 e. The fourth-order valence-electron chi connectivity index (χ4n) is 3.44. The molecule has 0 spiro atoms. The maximum atomic E-state index is 12.6. The first kappa shape index (κ1) is 17.0. The molecule has 1 aliphatic carbocycles. The van der Waals surface area contributed by atoms with E-state index < -0.39 is 0 Å². The van der Waals surface area contributed by atoms with Gasteiger partial charge in [-0.3, -0.25) is 9.59 Å². The molecule has 5 heteroatoms. The first-order valence-corrected chi connectivity index (χ1v) is 8.64. The van der Waals surface area contributed by atoms with Crippen LogP contribution >= 0.6 is 0 Å². The van der Waals surface area contributed by atoms with Crippen molar-refractivity contribution in [3.05, 3.63) is 0 Å². The summed E-state index contributed by atoms with van der Waals surface area (Å²) in [5.41, 5.74) is 0. The Kier molecular flexibility index (Phi) is 6.40. The summed E-state index contributed by atoms with van der Waals surface area (Å²) in [5, 5.41) is 0. The number of Topliss-reactive ketones (excluding diaryl/α,β-unsaturated/α-hetero) is 1. The van der Waals surface area contributed by atoms with E-state index in [1.165, 1.54) is 26.2 Å². The van der Waals surface area contributed by atoms with E-state index in [2.05, 4.69) is 0 Å². The minimum atomic E-state index is 0.0437. The largest absolute Gasteiger partial charge is 0.341 e. The molecule has 2 fully saturated rings. The van der Waals surface area contributed by atoms with Gasteiger partial charge in [0.2, 0.25) is 11.8 Å². The summed E-state index contributed by atoms with van der Waals surface area (Å²) in [6.45, 7) is 4.22. The van der Waals surface area contributed by atoms with Crippen LogP contribution in [0, 0.1) is 5.92 Å². The number of hydrogen-bond donors (Lipinski definition) is 0. The molecule has 0 aromatic carbocycles. The molecule has 1 saturated heterocycles. The van der Waals surface area contributed by atoms with Gasteiger partial charge in [0.25, 0.3) is 0 Å². The van der Waals surface area contributed by atoms with Crippen LogP contribution in [0.15, 0.2) is 0 Å². The van der Waals surface area contributed by atoms with E-state index in [1.807, 2.05) is 9.80 Å². The van der Waals surface area contributed by atoms with Crippen LogP contribution in [0.2, 0.25) is 0 Å². The van der Waals surface area contributed by atoms with Crippen molar-refractivity contribution in [2.24, 2.45) is 5.92 Å². The zero-order valence-corrected chi connectivity index (χ0v) is 13.7. The fourth-order valence-corrected chi connectivity index (χ4v) is 3.44. The molecule has 0 unspecified atom stereocenters. The molecule has 0 atom stereocenters. The van der Waals surface area contributed by atoms with Crippen LogP contribution in [0.1, 0.15) is 58.3 Å². The van der Waals surface area contributed by atoms with Crippen LogP contribution < -0.4 is 0 Å². The SMILES string of the molecule is CC(=O)CCC(=O)N1CCCN(C(=O)C2CCCCC2)CC1. The predicted octanol–water partition coefficient (Wildman–Crippen LogP) is 2.00. The zero-order valence-electron chi connectivity index (χ0n) is 13.7. The van der Waals surface area contributed by atoms with E-state index in [0.717, 1.165) is 25.8 Å². The van der Waals surface area contributed by atoms with Crippen molar-refractivity contribution in [1.29, 1.82) is 0 Å². The molecule has 124 valence electrons. The number of carbonyl (C=O) groups excluding carboxylic acids is 3. The van der Waals surface area contributed by atoms with Crippen molar-refractivity contribution in [2.45, 2.75) is 58.3 Å². The highest BCUT2D eigenvalue weighted by Gasteiger charge is 2.28. The van der Waals surface area contributed by atoms with Crippen molar-refractivity contribution in [3.8, 4) is 0 Å². The minimum absolute atomic E-state index is 0.0437. The molecule has 1 aliphatic heterocycles. The van der Waals surface area contributed by atoms with Crippen molar-refractivity contribution in [2.75, 3.05) is 26.2 Å². The normalized spacial score (nSPS) is 20.6. The highest BCUT2D eigenvalue weighted by atomic mass is 16.2. The average molecular weight is 308 g/mol. The molecule has 2 rings (SSSR count). The summed E-state index contributed by atoms with van der Waals surface area (Å²) in [6.07, 6.45) is 7.09. The van der Waals surface area contributed by atoms with Gasteiger partial charge in [0.05, 0.1) is 0 Å². The monoisotopic (exact) mass is 308 g/mol. The molecular weight excluding hydrogens is 280 g/mol. The van der Waals surface area contributed by atoms with E-state index in [0.29, 0.717) is 32.5 Å². The van der Waals surface area contributed by atoms with Crippen molar-refractivity contribution in [3.63, 3.8) is 0 Å². The Morgan fingerprint density at radius 3 is 2.14 bits per heavy atom. The predicted molar refractivity (Wildman–Crippen MR) is 84.3 cm³/mol. The third-order valence-electron chi connectivity index (χ3n) is 4.81. The first-order chi connectivity index (χ1) is 10.6. The molecule has 0 bridgehead atoms. The highest BCUT2D eigenvalue weighted by molar-refractivity contribution is 5.83. The maximum Gasteiger partial charge on any atom is 0.225 e. The van der Waals surface area contributed by atoms with Gasteiger partial charge >= 0.3 is 0 Å². The fraction of sp³-hybridized carbons (Fsp3) is 0.824. The summed E-state index contributed by atoms with van der Waals surface area (Å²) in [4.78, 5) is 39.4. The summed E-state index contributed by atoms with van der Waals surface area (Å²) in [5.74, 6) is 0.589. The molecule has 2 aliphatic rings. The van der Waals surface area contributed by atoms with Crippen molar-refractivity contribution in [1.82, 2.24) is 9.80 Å². The number of amides is 2. The second kappa shape index (κ2) is 8.30. The third kappa shape index (κ3) is 4.82. The molecule has 1 saturated carbocycles. The summed E-state index contributed by atoms with van der Waals surface area (Å²) in [7, 11) is 0. The standard InChI is InChI=1S/C17H28N2O3/c1-14(20)8-9-16(21)18-10-5-11-19(13-12-18)17(22)15-6-3-2-4-7-15/h15H,2-13H2,1H3. The lowest BCUT2D eigenvalue weighted by atomic mass is 9.88. The zero-order chi connectivity index (χ0) is 15.9. The average Bonchev–Trinajstić information content (AvgIpc) is 2.78. The quantitative estimate of drug-likeness (QED) is 0.798. The van der Waals surface area contributed by atoms with Crippen LogP contribution in [0.3, 0.4) is 0 Å². The van der Waals surface area contributed by atoms with Crippen LogP contribution in [0.4, 0.5) is 0 Å². The molecule has 0 aromatic rings. The molecule has 5 nitrogen and oxygen atoms in total. The van der Waals surface area contributed by atoms with Gasteiger partial charge in [-0.25, -0.2) is 0 Å². The Balaban J connectivity index is 1.82. The smallest absolute Gasteiger partial charge is 0.225 e. The van der Waals surface area contributed by atoms with Crippen LogP contribution in [-0.2, 0) is 14.4 Å². The van der Waals surface area contributed by atoms with Gasteiger partial charge in [-0.2, -0.15) is 0 Å². The number of ketones is 1. The van der Waals surface area contributed by atoms with E-state index in [1.54, 1.807) is 0 Å². The number of hydrogen-bond acceptors (Lipinski definition) is 3. The topological polar surface area (TPSA) is 57.7 Å². The van der Waals surface area contributed by atoms with E-state index in [9.17, 15) is 14.4 Å². The lowest BCUT2D eigenvalue weighted by Crippen LogP contribution is -2.40. The molecule has 22 heavy (non-hydrogen) atoms. The van der Waals surface area contributed by atoms with E-state index in [-0.39, 0.29) is 23.5 Å². The number of rotatable bonds is 4. The lowest BCUT2D eigenvalue weighted by molar-refractivity contribution is -0.137. The second-order valence-corrected chi connectivity index (χ2v) is 6.60. The lowest BCUT2D eigenvalue weighted by Gasteiger charge is -2.28. The second-order valence-electron chi connectivity index (χ2n) is 6.60. The molecular formula is C17H28N2O3. The van der Waals surface area contributed by atoms with E-state index >= 15 is 0 Å². The van der Waals surface area contributed by atoms with Gasteiger partial charge in [-0.1, -0.05) is 19.3 Å². The first-order valence-electron chi connectivity index (χ1n) is 8.64. The molecule has 1 heterocycles. The Hall–Kier alpha value is -1.39. The Morgan fingerprint density at radius 2 is 1.45 bits per heavy atom. The number of carbonyl (C=O) groups is 3. The van der Waals surface area contributed by atoms with Crippen LogP contribution in [0.25, 0.3) is 0 Å². The molecule has 2 amide bonds. The number of nitrogens with zero attached hydrogens (tertiary/aromatic N) is 2. The van der Waals surface area contributed by atoms with Gasteiger partial charge in [0.15, 0.2) is 0 Å². The molecule has 0 aromatic heterocycles. The van der Waals surface area contributed by atoms with Crippen LogP contribution in [0.5, 0.6) is 0 Å². The Morgan fingerprint density at radius 1 is 0.818 bits per heavy atom. The molecule has 0 radical (unpaired) electrons. The van der Waals surface area contributed by atoms with Gasteiger partial charge < -0.3 is 14.6 Å². The molecule has 0 N–H and O–H groups in total. The summed E-state index contributed by atoms with van der Waals surface area (Å²) < 4.78 is 0. The summed E-state index contributed by atoms with van der Waals surface area (Å²) >= 11 is 0. The van der Waals surface area contributed by atoms with Crippen molar-refractivity contribution < 1.29 is 14.4 Å². The third-order valence-corrected chi connectivity index (χ3v) is 4.81. The Labute approximate surface area is 133 Å². The maximum absolute atomic E-state index is 12.6. The highest BCUT2D eigenvalue weighted by Crippen LogP contribution is 2.25. The van der Waals surface area contributed by atoms with Crippen LogP contribution in [-0.4, -0.2) is 53.6 Å². The van der Waals surface area contributed by atoms with Gasteiger partial charge in [-0.05, 0) is 26.2 Å². The van der Waals surface area contributed by atoms with Gasteiger partial charge in [0, 0.05) is 44.9 Å². The van der Waals surface area contributed by atoms with Crippen molar-refractivity contribution >= 4 is 17.6 Å². The Bertz CT molecular complexity index is 416. The van der Waals surface area contributed by atoms with Gasteiger partial charge in [-0.15, -0.1) is 0 Å². The van der Waals surface area contributed by atoms with Gasteiger partial charge in [0.1, 0.15) is 5.78 Å². The van der Waals surface area contributed by atoms with E-state index in [4.69, 9.17) is 0 Å².